The zero-order valence-electron chi connectivity index (χ0n) is 8.77. The summed E-state index contributed by atoms with van der Waals surface area (Å²) in [6.07, 6.45) is 0. The topological polar surface area (TPSA) is 15.3 Å². The molecule has 1 N–H and O–H groups in total. The summed E-state index contributed by atoms with van der Waals surface area (Å²) in [5.74, 6) is -1.84. The summed E-state index contributed by atoms with van der Waals surface area (Å²) >= 11 is 5.76. The number of benzene rings is 1. The first kappa shape index (κ1) is 11.8. The molecule has 88 valence electrons. The van der Waals surface area contributed by atoms with Crippen molar-refractivity contribution in [3.8, 4) is 0 Å². The van der Waals surface area contributed by atoms with Crippen LogP contribution in [0.15, 0.2) is 12.1 Å². The van der Waals surface area contributed by atoms with E-state index in [0.717, 1.165) is 32.2 Å². The third kappa shape index (κ3) is 2.51. The van der Waals surface area contributed by atoms with Gasteiger partial charge in [0.05, 0.1) is 5.02 Å². The number of piperazine rings is 1. The van der Waals surface area contributed by atoms with Gasteiger partial charge < -0.3 is 5.32 Å². The summed E-state index contributed by atoms with van der Waals surface area (Å²) in [5.41, 5.74) is 0.641. The van der Waals surface area contributed by atoms with E-state index in [4.69, 9.17) is 11.6 Å². The lowest BCUT2D eigenvalue weighted by Gasteiger charge is -2.27. The Kier molecular flexibility index (Phi) is 3.74. The SMILES string of the molecule is Fc1ccc(CN2CCNCC2)c(Cl)c1F. The lowest BCUT2D eigenvalue weighted by Crippen LogP contribution is -2.42. The Hall–Kier alpha value is -0.710. The van der Waals surface area contributed by atoms with Crippen molar-refractivity contribution in [2.75, 3.05) is 26.2 Å². The van der Waals surface area contributed by atoms with E-state index in [1.807, 2.05) is 0 Å². The van der Waals surface area contributed by atoms with Crippen LogP contribution in [0.3, 0.4) is 0 Å². The maximum Gasteiger partial charge on any atom is 0.177 e. The van der Waals surface area contributed by atoms with Crippen LogP contribution in [0.5, 0.6) is 0 Å². The number of nitrogens with zero attached hydrogens (tertiary/aromatic N) is 1. The largest absolute Gasteiger partial charge is 0.314 e. The van der Waals surface area contributed by atoms with E-state index in [2.05, 4.69) is 10.2 Å². The molecule has 1 aliphatic heterocycles. The highest BCUT2D eigenvalue weighted by atomic mass is 35.5. The highest BCUT2D eigenvalue weighted by molar-refractivity contribution is 6.31. The minimum atomic E-state index is -0.950. The van der Waals surface area contributed by atoms with E-state index < -0.39 is 11.6 Å². The van der Waals surface area contributed by atoms with Crippen molar-refractivity contribution in [2.24, 2.45) is 0 Å². The Balaban J connectivity index is 2.11. The lowest BCUT2D eigenvalue weighted by molar-refractivity contribution is 0.233. The predicted octanol–water partition coefficient (Wildman–Crippen LogP) is 2.02. The first-order chi connectivity index (χ1) is 7.68. The predicted molar refractivity (Wildman–Crippen MR) is 59.5 cm³/mol. The molecule has 1 aromatic rings. The molecule has 1 aromatic carbocycles. The van der Waals surface area contributed by atoms with Gasteiger partial charge in [-0.25, -0.2) is 8.78 Å². The van der Waals surface area contributed by atoms with E-state index >= 15 is 0 Å². The average molecular weight is 247 g/mol. The number of hydrogen-bond acceptors (Lipinski definition) is 2. The van der Waals surface area contributed by atoms with Crippen molar-refractivity contribution >= 4 is 11.6 Å². The van der Waals surface area contributed by atoms with Gasteiger partial charge in [-0.1, -0.05) is 17.7 Å². The Morgan fingerprint density at radius 2 is 1.94 bits per heavy atom. The van der Waals surface area contributed by atoms with Crippen LogP contribution in [0.4, 0.5) is 8.78 Å². The van der Waals surface area contributed by atoms with E-state index in [1.54, 1.807) is 6.07 Å². The van der Waals surface area contributed by atoms with Gasteiger partial charge in [0, 0.05) is 32.7 Å². The molecule has 0 unspecified atom stereocenters. The van der Waals surface area contributed by atoms with Crippen LogP contribution in [0, 0.1) is 11.6 Å². The number of rotatable bonds is 2. The van der Waals surface area contributed by atoms with Gasteiger partial charge >= 0.3 is 0 Å². The smallest absolute Gasteiger partial charge is 0.177 e. The summed E-state index contributed by atoms with van der Waals surface area (Å²) in [7, 11) is 0. The monoisotopic (exact) mass is 246 g/mol. The number of nitrogens with one attached hydrogen (secondary N) is 1. The van der Waals surface area contributed by atoms with E-state index in [-0.39, 0.29) is 5.02 Å². The number of hydrogen-bond donors (Lipinski definition) is 1. The average Bonchev–Trinajstić information content (AvgIpc) is 2.31. The van der Waals surface area contributed by atoms with Crippen LogP contribution in [0.2, 0.25) is 5.02 Å². The summed E-state index contributed by atoms with van der Waals surface area (Å²) < 4.78 is 26.1. The maximum atomic E-state index is 13.2. The Morgan fingerprint density at radius 3 is 2.62 bits per heavy atom. The van der Waals surface area contributed by atoms with E-state index in [9.17, 15) is 8.78 Å². The van der Waals surface area contributed by atoms with Crippen molar-refractivity contribution in [1.82, 2.24) is 10.2 Å². The van der Waals surface area contributed by atoms with Crippen molar-refractivity contribution in [1.29, 1.82) is 0 Å². The second-order valence-corrected chi connectivity index (χ2v) is 4.24. The summed E-state index contributed by atoms with van der Waals surface area (Å²) in [6, 6.07) is 2.67. The second kappa shape index (κ2) is 5.08. The molecule has 0 bridgehead atoms. The summed E-state index contributed by atoms with van der Waals surface area (Å²) in [5, 5.41) is 3.13. The Labute approximate surface area is 98.2 Å². The molecule has 2 rings (SSSR count). The van der Waals surface area contributed by atoms with Crippen molar-refractivity contribution in [3.05, 3.63) is 34.4 Å². The molecule has 0 spiro atoms. The lowest BCUT2D eigenvalue weighted by atomic mass is 10.2. The zero-order chi connectivity index (χ0) is 11.5. The third-order valence-corrected chi connectivity index (χ3v) is 3.13. The Morgan fingerprint density at radius 1 is 1.25 bits per heavy atom. The van der Waals surface area contributed by atoms with Crippen LogP contribution in [-0.4, -0.2) is 31.1 Å². The van der Waals surface area contributed by atoms with Crippen molar-refractivity contribution in [3.63, 3.8) is 0 Å². The van der Waals surface area contributed by atoms with Crippen molar-refractivity contribution in [2.45, 2.75) is 6.54 Å². The molecule has 16 heavy (non-hydrogen) atoms. The van der Waals surface area contributed by atoms with Gasteiger partial charge in [0.25, 0.3) is 0 Å². The molecular formula is C11H13ClF2N2. The fourth-order valence-electron chi connectivity index (χ4n) is 1.80. The Bertz CT molecular complexity index is 378. The zero-order valence-corrected chi connectivity index (χ0v) is 9.53. The molecule has 1 heterocycles. The van der Waals surface area contributed by atoms with Gasteiger partial charge in [0.15, 0.2) is 11.6 Å². The van der Waals surface area contributed by atoms with Gasteiger partial charge in [-0.2, -0.15) is 0 Å². The minimum absolute atomic E-state index is 0.0986. The van der Waals surface area contributed by atoms with Gasteiger partial charge in [0.1, 0.15) is 0 Å². The van der Waals surface area contributed by atoms with Crippen LogP contribution < -0.4 is 5.32 Å². The van der Waals surface area contributed by atoms with Gasteiger partial charge in [-0.3, -0.25) is 4.90 Å². The number of halogens is 3. The first-order valence-electron chi connectivity index (χ1n) is 5.24. The molecule has 0 radical (unpaired) electrons. The molecule has 1 saturated heterocycles. The summed E-state index contributed by atoms with van der Waals surface area (Å²) in [6.45, 7) is 4.20. The summed E-state index contributed by atoms with van der Waals surface area (Å²) in [4.78, 5) is 2.16. The van der Waals surface area contributed by atoms with Gasteiger partial charge in [0.2, 0.25) is 0 Å². The minimum Gasteiger partial charge on any atom is -0.314 e. The van der Waals surface area contributed by atoms with E-state index in [1.165, 1.54) is 0 Å². The molecule has 2 nitrogen and oxygen atoms in total. The molecule has 1 fully saturated rings. The highest BCUT2D eigenvalue weighted by Gasteiger charge is 2.15. The normalized spacial score (nSPS) is 17.7. The molecule has 0 saturated carbocycles. The van der Waals surface area contributed by atoms with E-state index in [0.29, 0.717) is 12.1 Å². The molecule has 5 heteroatoms. The van der Waals surface area contributed by atoms with Gasteiger partial charge in [-0.15, -0.1) is 0 Å². The standard InChI is InChI=1S/C11H13ClF2N2/c12-10-8(1-2-9(13)11(10)14)7-16-5-3-15-4-6-16/h1-2,15H,3-7H2. The maximum absolute atomic E-state index is 13.2. The van der Waals surface area contributed by atoms with Crippen LogP contribution in [0.1, 0.15) is 5.56 Å². The molecule has 0 atom stereocenters. The molecule has 0 aromatic heterocycles. The van der Waals surface area contributed by atoms with Crippen LogP contribution in [0.25, 0.3) is 0 Å². The van der Waals surface area contributed by atoms with Gasteiger partial charge in [-0.05, 0) is 11.6 Å². The molecule has 1 aliphatic rings. The van der Waals surface area contributed by atoms with Crippen LogP contribution in [-0.2, 0) is 6.54 Å². The fourth-order valence-corrected chi connectivity index (χ4v) is 2.01. The third-order valence-electron chi connectivity index (χ3n) is 2.72. The quantitative estimate of drug-likeness (QED) is 0.804. The molecule has 0 aliphatic carbocycles. The first-order valence-corrected chi connectivity index (χ1v) is 5.61. The molecule has 0 amide bonds. The second-order valence-electron chi connectivity index (χ2n) is 3.86. The van der Waals surface area contributed by atoms with Crippen molar-refractivity contribution < 1.29 is 8.78 Å². The highest BCUT2D eigenvalue weighted by Crippen LogP contribution is 2.23. The molecular weight excluding hydrogens is 234 g/mol. The fraction of sp³-hybridized carbons (Fsp3) is 0.455. The van der Waals surface area contributed by atoms with Crippen LogP contribution >= 0.6 is 11.6 Å².